The average molecular weight is 429 g/mol. The predicted octanol–water partition coefficient (Wildman–Crippen LogP) is 2.75. The molecule has 0 radical (unpaired) electrons. The van der Waals surface area contributed by atoms with Crippen molar-refractivity contribution in [2.45, 2.75) is 20.4 Å². The van der Waals surface area contributed by atoms with E-state index in [0.29, 0.717) is 0 Å². The standard InChI is InChI=1S/C9H9I2N3O/c1-5-7(6(2)15-13-5)3-14-4-12-8(10)9(14)11/h4H,3H2,1-2H3. The molecule has 0 aliphatic heterocycles. The molecule has 2 aromatic rings. The van der Waals surface area contributed by atoms with Gasteiger partial charge in [0, 0.05) is 5.56 Å². The Morgan fingerprint density at radius 1 is 1.40 bits per heavy atom. The van der Waals surface area contributed by atoms with Gasteiger partial charge in [-0.3, -0.25) is 0 Å². The summed E-state index contributed by atoms with van der Waals surface area (Å²) in [5.74, 6) is 0.881. The Hall–Kier alpha value is -0.120. The van der Waals surface area contributed by atoms with Crippen molar-refractivity contribution in [3.05, 3.63) is 30.7 Å². The van der Waals surface area contributed by atoms with Crippen LogP contribution in [0.25, 0.3) is 0 Å². The van der Waals surface area contributed by atoms with Crippen molar-refractivity contribution in [2.24, 2.45) is 0 Å². The zero-order valence-corrected chi connectivity index (χ0v) is 12.6. The maximum Gasteiger partial charge on any atom is 0.138 e. The molecule has 0 saturated carbocycles. The molecule has 80 valence electrons. The van der Waals surface area contributed by atoms with Gasteiger partial charge in [-0.25, -0.2) is 4.98 Å². The van der Waals surface area contributed by atoms with E-state index in [1.807, 2.05) is 20.2 Å². The Labute approximate surface area is 115 Å². The van der Waals surface area contributed by atoms with Crippen LogP contribution in [0.3, 0.4) is 0 Å². The Kier molecular flexibility index (Phi) is 3.33. The average Bonchev–Trinajstić information content (AvgIpc) is 2.68. The molecule has 4 nitrogen and oxygen atoms in total. The highest BCUT2D eigenvalue weighted by atomic mass is 127. The Morgan fingerprint density at radius 2 is 2.13 bits per heavy atom. The first-order valence-corrected chi connectivity index (χ1v) is 6.53. The van der Waals surface area contributed by atoms with Gasteiger partial charge in [-0.05, 0) is 59.0 Å². The van der Waals surface area contributed by atoms with E-state index in [0.717, 1.165) is 31.0 Å². The van der Waals surface area contributed by atoms with Gasteiger partial charge in [0.1, 0.15) is 13.2 Å². The molecule has 2 aromatic heterocycles. The molecule has 0 atom stereocenters. The first-order valence-electron chi connectivity index (χ1n) is 4.37. The van der Waals surface area contributed by atoms with E-state index in [4.69, 9.17) is 4.52 Å². The third-order valence-corrected chi connectivity index (χ3v) is 5.19. The molecule has 0 spiro atoms. The van der Waals surface area contributed by atoms with Crippen molar-refractivity contribution in [2.75, 3.05) is 0 Å². The molecule has 2 rings (SSSR count). The lowest BCUT2D eigenvalue weighted by Gasteiger charge is -2.03. The molecule has 0 aromatic carbocycles. The number of hydrogen-bond donors (Lipinski definition) is 0. The van der Waals surface area contributed by atoms with Crippen LogP contribution in [0.2, 0.25) is 0 Å². The minimum Gasteiger partial charge on any atom is -0.361 e. The monoisotopic (exact) mass is 429 g/mol. The van der Waals surface area contributed by atoms with Gasteiger partial charge in [-0.1, -0.05) is 5.16 Å². The third-order valence-electron chi connectivity index (χ3n) is 2.24. The molecule has 0 N–H and O–H groups in total. The smallest absolute Gasteiger partial charge is 0.138 e. The highest BCUT2D eigenvalue weighted by Crippen LogP contribution is 2.18. The number of aromatic nitrogens is 3. The van der Waals surface area contributed by atoms with Crippen LogP contribution in [0.5, 0.6) is 0 Å². The van der Waals surface area contributed by atoms with Crippen LogP contribution in [0.1, 0.15) is 17.0 Å². The lowest BCUT2D eigenvalue weighted by Crippen LogP contribution is -2.02. The van der Waals surface area contributed by atoms with Crippen LogP contribution in [-0.2, 0) is 6.54 Å². The summed E-state index contributed by atoms with van der Waals surface area (Å²) in [4.78, 5) is 4.25. The van der Waals surface area contributed by atoms with E-state index in [9.17, 15) is 0 Å². The van der Waals surface area contributed by atoms with Crippen molar-refractivity contribution < 1.29 is 4.52 Å². The van der Waals surface area contributed by atoms with Gasteiger partial charge in [0.05, 0.1) is 18.6 Å². The van der Waals surface area contributed by atoms with E-state index in [2.05, 4.69) is 59.9 Å². The highest BCUT2D eigenvalue weighted by molar-refractivity contribution is 14.1. The Bertz CT molecular complexity index is 470. The molecular formula is C9H9I2N3O. The number of nitrogens with zero attached hydrogens (tertiary/aromatic N) is 3. The van der Waals surface area contributed by atoms with Gasteiger partial charge in [-0.2, -0.15) is 0 Å². The lowest BCUT2D eigenvalue weighted by atomic mass is 10.2. The number of rotatable bonds is 2. The van der Waals surface area contributed by atoms with Gasteiger partial charge in [-0.15, -0.1) is 0 Å². The molecule has 0 unspecified atom stereocenters. The summed E-state index contributed by atoms with van der Waals surface area (Å²) in [6.45, 7) is 4.67. The number of imidazole rings is 1. The summed E-state index contributed by atoms with van der Waals surface area (Å²) in [6, 6.07) is 0. The molecule has 0 aliphatic carbocycles. The summed E-state index contributed by atoms with van der Waals surface area (Å²) < 4.78 is 9.39. The molecule has 0 amide bonds. The fraction of sp³-hybridized carbons (Fsp3) is 0.333. The molecule has 0 aliphatic rings. The maximum absolute atomic E-state index is 5.13. The van der Waals surface area contributed by atoms with E-state index >= 15 is 0 Å². The molecule has 0 bridgehead atoms. The van der Waals surface area contributed by atoms with Crippen molar-refractivity contribution in [3.63, 3.8) is 0 Å². The number of hydrogen-bond acceptors (Lipinski definition) is 3. The maximum atomic E-state index is 5.13. The van der Waals surface area contributed by atoms with Gasteiger partial charge >= 0.3 is 0 Å². The van der Waals surface area contributed by atoms with Gasteiger partial charge in [0.2, 0.25) is 0 Å². The van der Waals surface area contributed by atoms with Crippen LogP contribution < -0.4 is 0 Å². The van der Waals surface area contributed by atoms with Crippen molar-refractivity contribution in [3.8, 4) is 0 Å². The van der Waals surface area contributed by atoms with E-state index in [1.54, 1.807) is 0 Å². The Morgan fingerprint density at radius 3 is 2.60 bits per heavy atom. The molecule has 0 fully saturated rings. The lowest BCUT2D eigenvalue weighted by molar-refractivity contribution is 0.392. The predicted molar refractivity (Wildman–Crippen MR) is 72.7 cm³/mol. The summed E-state index contributed by atoms with van der Waals surface area (Å²) >= 11 is 4.52. The van der Waals surface area contributed by atoms with E-state index in [-0.39, 0.29) is 0 Å². The second kappa shape index (κ2) is 4.40. The van der Waals surface area contributed by atoms with Crippen molar-refractivity contribution >= 4 is 45.2 Å². The normalized spacial score (nSPS) is 10.9. The molecule has 15 heavy (non-hydrogen) atoms. The fourth-order valence-corrected chi connectivity index (χ4v) is 2.22. The van der Waals surface area contributed by atoms with Gasteiger partial charge in [0.25, 0.3) is 0 Å². The topological polar surface area (TPSA) is 43.9 Å². The first kappa shape index (κ1) is 11.4. The zero-order valence-electron chi connectivity index (χ0n) is 8.29. The fourth-order valence-electron chi connectivity index (χ4n) is 1.35. The van der Waals surface area contributed by atoms with Crippen molar-refractivity contribution in [1.29, 1.82) is 0 Å². The second-order valence-corrected chi connectivity index (χ2v) is 5.30. The summed E-state index contributed by atoms with van der Waals surface area (Å²) in [5, 5.41) is 3.94. The van der Waals surface area contributed by atoms with Crippen LogP contribution in [0, 0.1) is 21.2 Å². The van der Waals surface area contributed by atoms with Gasteiger partial charge in [0.15, 0.2) is 0 Å². The van der Waals surface area contributed by atoms with Crippen LogP contribution in [0.15, 0.2) is 10.9 Å². The molecular weight excluding hydrogens is 420 g/mol. The summed E-state index contributed by atoms with van der Waals surface area (Å²) in [7, 11) is 0. The first-order chi connectivity index (χ1) is 7.09. The largest absolute Gasteiger partial charge is 0.361 e. The van der Waals surface area contributed by atoms with Crippen LogP contribution in [0.4, 0.5) is 0 Å². The number of halogens is 2. The van der Waals surface area contributed by atoms with Crippen LogP contribution >= 0.6 is 45.2 Å². The summed E-state index contributed by atoms with van der Waals surface area (Å²) in [6.07, 6.45) is 1.84. The molecule has 0 saturated heterocycles. The molecule has 6 heteroatoms. The molecule has 2 heterocycles. The SMILES string of the molecule is Cc1noc(C)c1Cn1cnc(I)c1I. The minimum atomic E-state index is 0.773. The quantitative estimate of drug-likeness (QED) is 0.691. The zero-order chi connectivity index (χ0) is 11.0. The second-order valence-electron chi connectivity index (χ2n) is 3.26. The van der Waals surface area contributed by atoms with Crippen molar-refractivity contribution in [1.82, 2.24) is 14.7 Å². The minimum absolute atomic E-state index is 0.773. The Balaban J connectivity index is 2.33. The van der Waals surface area contributed by atoms with E-state index < -0.39 is 0 Å². The number of aryl methyl sites for hydroxylation is 2. The third kappa shape index (κ3) is 2.19. The summed E-state index contributed by atoms with van der Waals surface area (Å²) in [5.41, 5.74) is 2.09. The van der Waals surface area contributed by atoms with Crippen LogP contribution in [-0.4, -0.2) is 14.7 Å². The highest BCUT2D eigenvalue weighted by Gasteiger charge is 2.12. The van der Waals surface area contributed by atoms with Gasteiger partial charge < -0.3 is 9.09 Å². The van der Waals surface area contributed by atoms with E-state index in [1.165, 1.54) is 0 Å².